The van der Waals surface area contributed by atoms with Crippen LogP contribution < -0.4 is 5.32 Å². The average molecular weight is 454 g/mol. The number of benzene rings is 2. The van der Waals surface area contributed by atoms with E-state index in [1.807, 2.05) is 57.2 Å². The maximum Gasteiger partial charge on any atom is 0.408 e. The Kier molecular flexibility index (Phi) is 7.96. The Morgan fingerprint density at radius 3 is 2.18 bits per heavy atom. The first kappa shape index (κ1) is 26.0. The van der Waals surface area contributed by atoms with Gasteiger partial charge in [0, 0.05) is 17.5 Å². The van der Waals surface area contributed by atoms with Gasteiger partial charge in [-0.05, 0) is 48.9 Å². The Bertz CT molecular complexity index is 1010. The summed E-state index contributed by atoms with van der Waals surface area (Å²) in [5.41, 5.74) is 2.91. The minimum Gasteiger partial charge on any atom is -0.507 e. The first-order valence-corrected chi connectivity index (χ1v) is 10.9. The smallest absolute Gasteiger partial charge is 0.408 e. The maximum absolute atomic E-state index is 12.4. The van der Waals surface area contributed by atoms with Crippen molar-refractivity contribution in [2.24, 2.45) is 0 Å². The monoisotopic (exact) mass is 453 g/mol. The zero-order chi connectivity index (χ0) is 25.0. The second-order valence-corrected chi connectivity index (χ2v) is 10.0. The van der Waals surface area contributed by atoms with Crippen LogP contribution in [0, 0.1) is 0 Å². The number of carbonyl (C=O) groups excluding carboxylic acids is 2. The molecule has 2 aromatic rings. The van der Waals surface area contributed by atoms with E-state index in [2.05, 4.69) is 11.9 Å². The van der Waals surface area contributed by atoms with Gasteiger partial charge in [0.2, 0.25) is 0 Å². The van der Waals surface area contributed by atoms with Gasteiger partial charge in [-0.1, -0.05) is 63.8 Å². The summed E-state index contributed by atoms with van der Waals surface area (Å²) in [7, 11) is 1.27. The van der Waals surface area contributed by atoms with Crippen LogP contribution in [-0.2, 0) is 26.1 Å². The number of nitrogens with one attached hydrogen (secondary N) is 1. The van der Waals surface area contributed by atoms with Gasteiger partial charge in [-0.15, -0.1) is 0 Å². The molecule has 0 aliphatic heterocycles. The molecule has 0 spiro atoms. The molecule has 0 aromatic heterocycles. The lowest BCUT2D eigenvalue weighted by Crippen LogP contribution is -2.45. The highest BCUT2D eigenvalue weighted by atomic mass is 16.6. The number of hydrogen-bond donors (Lipinski definition) is 2. The van der Waals surface area contributed by atoms with Crippen molar-refractivity contribution < 1.29 is 24.2 Å². The molecule has 0 saturated heterocycles. The normalized spacial score (nSPS) is 12.6. The molecule has 1 unspecified atom stereocenters. The summed E-state index contributed by atoms with van der Waals surface area (Å²) in [4.78, 5) is 24.8. The van der Waals surface area contributed by atoms with E-state index in [0.29, 0.717) is 5.56 Å². The summed E-state index contributed by atoms with van der Waals surface area (Å²) in [5, 5.41) is 13.7. The predicted octanol–water partition coefficient (Wildman–Crippen LogP) is 5.61. The zero-order valence-corrected chi connectivity index (χ0v) is 20.6. The van der Waals surface area contributed by atoms with Gasteiger partial charge in [0.1, 0.15) is 17.4 Å². The van der Waals surface area contributed by atoms with Crippen molar-refractivity contribution in [3.05, 3.63) is 59.7 Å². The summed E-state index contributed by atoms with van der Waals surface area (Å²) in [6, 6.07) is 10.4. The van der Waals surface area contributed by atoms with E-state index in [1.165, 1.54) is 7.11 Å². The summed E-state index contributed by atoms with van der Waals surface area (Å²) < 4.78 is 10.2. The van der Waals surface area contributed by atoms with Crippen molar-refractivity contribution in [1.29, 1.82) is 0 Å². The number of phenols is 1. The summed E-state index contributed by atoms with van der Waals surface area (Å²) >= 11 is 0. The van der Waals surface area contributed by atoms with Gasteiger partial charge < -0.3 is 19.9 Å². The lowest BCUT2D eigenvalue weighted by molar-refractivity contribution is -0.143. The number of aromatic hydroxyl groups is 1. The maximum atomic E-state index is 12.4. The minimum atomic E-state index is -0.946. The van der Waals surface area contributed by atoms with Crippen molar-refractivity contribution >= 4 is 18.1 Å². The van der Waals surface area contributed by atoms with E-state index in [9.17, 15) is 14.7 Å². The predicted molar refractivity (Wildman–Crippen MR) is 131 cm³/mol. The van der Waals surface area contributed by atoms with Crippen molar-refractivity contribution in [2.45, 2.75) is 65.0 Å². The van der Waals surface area contributed by atoms with Gasteiger partial charge in [0.05, 0.1) is 7.11 Å². The van der Waals surface area contributed by atoms with E-state index in [0.717, 1.165) is 22.3 Å². The van der Waals surface area contributed by atoms with E-state index in [-0.39, 0.29) is 17.6 Å². The Labute approximate surface area is 196 Å². The third-order valence-corrected chi connectivity index (χ3v) is 5.05. The number of rotatable bonds is 6. The minimum absolute atomic E-state index is 0.174. The number of phenolic OH excluding ortho intramolecular Hbond substituents is 1. The molecule has 178 valence electrons. The molecule has 33 heavy (non-hydrogen) atoms. The molecule has 0 bridgehead atoms. The number of alkyl carbamates (subject to hydrolysis) is 1. The molecule has 1 amide bonds. The molecule has 6 nitrogen and oxygen atoms in total. The third-order valence-electron chi connectivity index (χ3n) is 5.05. The van der Waals surface area contributed by atoms with Crippen molar-refractivity contribution in [1.82, 2.24) is 5.32 Å². The van der Waals surface area contributed by atoms with Crippen LogP contribution in [0.15, 0.2) is 43.0 Å². The summed E-state index contributed by atoms with van der Waals surface area (Å²) in [6.45, 7) is 15.0. The average Bonchev–Trinajstić information content (AvgIpc) is 2.71. The highest BCUT2D eigenvalue weighted by molar-refractivity contribution is 5.82. The summed E-state index contributed by atoms with van der Waals surface area (Å²) in [6.07, 6.45) is 1.23. The number of carbonyl (C=O) groups is 2. The molecule has 1 atom stereocenters. The fraction of sp³-hybridized carbons (Fsp3) is 0.407. The third kappa shape index (κ3) is 7.11. The lowest BCUT2D eigenvalue weighted by atomic mass is 9.82. The van der Waals surface area contributed by atoms with Crippen LogP contribution in [0.2, 0.25) is 0 Å². The van der Waals surface area contributed by atoms with E-state index >= 15 is 0 Å². The molecular weight excluding hydrogens is 418 g/mol. The Morgan fingerprint density at radius 2 is 1.70 bits per heavy atom. The molecular formula is C27H35NO5. The Morgan fingerprint density at radius 1 is 1.09 bits per heavy atom. The van der Waals surface area contributed by atoms with Gasteiger partial charge in [-0.3, -0.25) is 0 Å². The molecule has 0 fully saturated rings. The fourth-order valence-electron chi connectivity index (χ4n) is 3.42. The highest BCUT2D eigenvalue weighted by Crippen LogP contribution is 2.40. The van der Waals surface area contributed by atoms with E-state index in [4.69, 9.17) is 9.47 Å². The van der Waals surface area contributed by atoms with Gasteiger partial charge in [-0.2, -0.15) is 0 Å². The second kappa shape index (κ2) is 10.1. The van der Waals surface area contributed by atoms with Crippen LogP contribution >= 0.6 is 0 Å². The van der Waals surface area contributed by atoms with Crippen molar-refractivity contribution in [3.63, 3.8) is 0 Å². The first-order valence-electron chi connectivity index (χ1n) is 10.9. The van der Waals surface area contributed by atoms with Crippen molar-refractivity contribution in [3.8, 4) is 16.9 Å². The first-order chi connectivity index (χ1) is 15.2. The molecule has 0 radical (unpaired) electrons. The quantitative estimate of drug-likeness (QED) is 0.556. The van der Waals surface area contributed by atoms with E-state index in [1.54, 1.807) is 26.8 Å². The SMILES string of the molecule is C=Cc1ccc(-c2cc(CC(NC(=O)OC(C)(C)C)C(=O)OC)cc(C(C)(C)C)c2O)cc1. The van der Waals surface area contributed by atoms with Crippen LogP contribution in [0.1, 0.15) is 58.2 Å². The van der Waals surface area contributed by atoms with E-state index < -0.39 is 23.7 Å². The van der Waals surface area contributed by atoms with Crippen LogP contribution in [0.5, 0.6) is 5.75 Å². The second-order valence-electron chi connectivity index (χ2n) is 10.0. The van der Waals surface area contributed by atoms with Gasteiger partial charge in [0.25, 0.3) is 0 Å². The van der Waals surface area contributed by atoms with Crippen LogP contribution in [0.4, 0.5) is 4.79 Å². The molecule has 2 aromatic carbocycles. The Hall–Kier alpha value is -3.28. The Balaban J connectivity index is 2.50. The molecule has 6 heteroatoms. The van der Waals surface area contributed by atoms with Crippen LogP contribution in [0.25, 0.3) is 17.2 Å². The summed E-state index contributed by atoms with van der Waals surface area (Å²) in [5.74, 6) is -0.393. The molecule has 2 rings (SSSR count). The molecule has 2 N–H and O–H groups in total. The van der Waals surface area contributed by atoms with Crippen molar-refractivity contribution in [2.75, 3.05) is 7.11 Å². The number of ether oxygens (including phenoxy) is 2. The highest BCUT2D eigenvalue weighted by Gasteiger charge is 2.28. The molecule has 0 aliphatic rings. The number of esters is 1. The number of methoxy groups -OCH3 is 1. The standard InChI is InChI=1S/C27H35NO5/c1-9-17-10-12-19(13-11-17)20-14-18(15-21(23(20)29)26(2,3)4)16-22(24(30)32-8)28-25(31)33-27(5,6)7/h9-15,22,29H,1,16H2,2-8H3,(H,28,31). The largest absolute Gasteiger partial charge is 0.507 e. The van der Waals surface area contributed by atoms with Crippen LogP contribution in [0.3, 0.4) is 0 Å². The molecule has 0 saturated carbocycles. The fourth-order valence-corrected chi connectivity index (χ4v) is 3.42. The zero-order valence-electron chi connectivity index (χ0n) is 20.6. The molecule has 0 aliphatic carbocycles. The van der Waals surface area contributed by atoms with Gasteiger partial charge in [0.15, 0.2) is 0 Å². The molecule has 0 heterocycles. The van der Waals surface area contributed by atoms with Gasteiger partial charge in [-0.25, -0.2) is 9.59 Å². The topological polar surface area (TPSA) is 84.9 Å². The van der Waals surface area contributed by atoms with Gasteiger partial charge >= 0.3 is 12.1 Å². The lowest BCUT2D eigenvalue weighted by Gasteiger charge is -2.25. The number of hydrogen-bond acceptors (Lipinski definition) is 5. The number of amides is 1. The van der Waals surface area contributed by atoms with Crippen LogP contribution in [-0.4, -0.2) is 35.9 Å².